The van der Waals surface area contributed by atoms with Crippen molar-refractivity contribution in [3.8, 4) is 16.9 Å². The number of amides is 3. The molecular formula is C26H25ClN10O4. The molecule has 210 valence electrons. The van der Waals surface area contributed by atoms with Crippen LogP contribution >= 0.6 is 11.6 Å². The summed E-state index contributed by atoms with van der Waals surface area (Å²) in [5.74, 6) is -0.315. The fraction of sp³-hybridized carbons (Fsp3) is 0.192. The average Bonchev–Trinajstić information content (AvgIpc) is 3.67. The van der Waals surface area contributed by atoms with Crippen LogP contribution in [0, 0.1) is 0 Å². The summed E-state index contributed by atoms with van der Waals surface area (Å²) < 4.78 is 6.12. The van der Waals surface area contributed by atoms with E-state index in [0.29, 0.717) is 52.3 Å². The highest BCUT2D eigenvalue weighted by molar-refractivity contribution is 6.30. The van der Waals surface area contributed by atoms with Gasteiger partial charge in [-0.1, -0.05) is 11.6 Å². The first-order chi connectivity index (χ1) is 19.9. The summed E-state index contributed by atoms with van der Waals surface area (Å²) in [6.07, 6.45) is 5.42. The van der Waals surface area contributed by atoms with Crippen molar-refractivity contribution in [2.45, 2.75) is 12.5 Å². The van der Waals surface area contributed by atoms with E-state index in [1.54, 1.807) is 48.7 Å². The number of imidazole rings is 1. The molecule has 2 aromatic heterocycles. The predicted molar refractivity (Wildman–Crippen MR) is 150 cm³/mol. The summed E-state index contributed by atoms with van der Waals surface area (Å²) in [6.45, 7) is 0.752. The number of anilines is 2. The Morgan fingerprint density at radius 1 is 1.17 bits per heavy atom. The molecule has 14 nitrogen and oxygen atoms in total. The summed E-state index contributed by atoms with van der Waals surface area (Å²) >= 11 is 6.17. The number of hydrogen-bond donors (Lipinski definition) is 5. The van der Waals surface area contributed by atoms with Gasteiger partial charge in [-0.2, -0.15) is 4.68 Å². The maximum atomic E-state index is 13.0. The number of aromatic amines is 1. The van der Waals surface area contributed by atoms with Gasteiger partial charge in [0.15, 0.2) is 0 Å². The van der Waals surface area contributed by atoms with E-state index in [9.17, 15) is 14.4 Å². The lowest BCUT2D eigenvalue weighted by molar-refractivity contribution is -0.122. The van der Waals surface area contributed by atoms with Crippen molar-refractivity contribution in [3.05, 3.63) is 71.4 Å². The molecule has 0 fully saturated rings. The van der Waals surface area contributed by atoms with Crippen LogP contribution in [0.25, 0.3) is 23.0 Å². The molecule has 1 aliphatic rings. The van der Waals surface area contributed by atoms with Gasteiger partial charge in [0.25, 0.3) is 0 Å². The third-order valence-electron chi connectivity index (χ3n) is 6.12. The number of carbonyl (C=O) groups is 3. The van der Waals surface area contributed by atoms with Crippen molar-refractivity contribution in [1.82, 2.24) is 40.8 Å². The third kappa shape index (κ3) is 6.67. The second kappa shape index (κ2) is 12.3. The highest BCUT2D eigenvalue weighted by Gasteiger charge is 2.22. The van der Waals surface area contributed by atoms with Crippen LogP contribution in [0.5, 0.6) is 0 Å². The normalized spacial score (nSPS) is 15.1. The number of hydrogen-bond acceptors (Lipinski definition) is 9. The molecule has 5 rings (SSSR count). The van der Waals surface area contributed by atoms with Crippen molar-refractivity contribution in [3.63, 3.8) is 0 Å². The number of rotatable bonds is 5. The predicted octanol–water partition coefficient (Wildman–Crippen LogP) is 2.69. The molecule has 0 spiro atoms. The van der Waals surface area contributed by atoms with E-state index in [-0.39, 0.29) is 12.3 Å². The Balaban J connectivity index is 1.39. The number of aromatic nitrogens is 6. The van der Waals surface area contributed by atoms with Crippen LogP contribution in [0.15, 0.2) is 55.0 Å². The van der Waals surface area contributed by atoms with E-state index in [1.807, 2.05) is 0 Å². The molecule has 1 atom stereocenters. The van der Waals surface area contributed by atoms with Gasteiger partial charge in [-0.3, -0.25) is 14.9 Å². The molecule has 1 unspecified atom stereocenters. The van der Waals surface area contributed by atoms with Crippen LogP contribution in [0.2, 0.25) is 5.02 Å². The zero-order valence-electron chi connectivity index (χ0n) is 21.7. The lowest BCUT2D eigenvalue weighted by Crippen LogP contribution is -2.35. The van der Waals surface area contributed by atoms with Crippen LogP contribution in [-0.2, 0) is 14.3 Å². The molecule has 0 saturated carbocycles. The summed E-state index contributed by atoms with van der Waals surface area (Å²) in [4.78, 5) is 45.1. The van der Waals surface area contributed by atoms with E-state index < -0.39 is 18.0 Å². The number of fused-ring (bicyclic) bond motifs is 4. The van der Waals surface area contributed by atoms with Gasteiger partial charge < -0.3 is 25.7 Å². The largest absolute Gasteiger partial charge is 0.453 e. The standard InChI is InChI=1S/C26H25ClN10O4/c1-41-26(40)32-17-4-5-18-19(11-17)28-8-9-29-24(39)12-20(25-30-13-21(18)34-25)33-23(38)7-2-15-10-16(27)3-6-22(15)37-14-31-35-36-37/h2-7,10-11,13-14,20,28H,8-9,12H2,1H3,(H,29,39)(H,30,34)(H,32,40)(H,33,38). The van der Waals surface area contributed by atoms with Crippen LogP contribution in [0.4, 0.5) is 16.2 Å². The number of nitrogens with one attached hydrogen (secondary N) is 5. The Hall–Kier alpha value is -5.24. The number of methoxy groups -OCH3 is 1. The van der Waals surface area contributed by atoms with Crippen LogP contribution in [-0.4, -0.2) is 68.3 Å². The van der Waals surface area contributed by atoms with Crippen LogP contribution < -0.4 is 21.3 Å². The molecule has 3 amide bonds. The highest BCUT2D eigenvalue weighted by Crippen LogP contribution is 2.31. The average molecular weight is 577 g/mol. The maximum Gasteiger partial charge on any atom is 0.411 e. The molecule has 2 bridgehead atoms. The zero-order chi connectivity index (χ0) is 28.8. The molecule has 0 saturated heterocycles. The Kier molecular flexibility index (Phi) is 8.20. The number of nitrogens with zero attached hydrogens (tertiary/aromatic N) is 5. The number of H-pyrrole nitrogens is 1. The van der Waals surface area contributed by atoms with Gasteiger partial charge in [0.2, 0.25) is 11.8 Å². The first-order valence-corrected chi connectivity index (χ1v) is 12.8. The second-order valence-corrected chi connectivity index (χ2v) is 9.32. The molecule has 0 radical (unpaired) electrons. The lowest BCUT2D eigenvalue weighted by Gasteiger charge is -2.18. The minimum atomic E-state index is -0.740. The van der Waals surface area contributed by atoms with E-state index in [4.69, 9.17) is 11.6 Å². The zero-order valence-corrected chi connectivity index (χ0v) is 22.5. The fourth-order valence-corrected chi connectivity index (χ4v) is 4.39. The molecule has 15 heteroatoms. The van der Waals surface area contributed by atoms with E-state index >= 15 is 0 Å². The third-order valence-corrected chi connectivity index (χ3v) is 6.36. The fourth-order valence-electron chi connectivity index (χ4n) is 4.21. The molecular weight excluding hydrogens is 552 g/mol. The Morgan fingerprint density at radius 3 is 2.83 bits per heavy atom. The summed E-state index contributed by atoms with van der Waals surface area (Å²) in [5.41, 5.74) is 3.80. The van der Waals surface area contributed by atoms with Crippen molar-refractivity contribution in [2.24, 2.45) is 0 Å². The summed E-state index contributed by atoms with van der Waals surface area (Å²) in [6, 6.07) is 9.65. The monoisotopic (exact) mass is 576 g/mol. The summed E-state index contributed by atoms with van der Waals surface area (Å²) in [7, 11) is 1.28. The number of ether oxygens (including phenoxy) is 1. The first-order valence-electron chi connectivity index (χ1n) is 12.5. The minimum Gasteiger partial charge on any atom is -0.453 e. The highest BCUT2D eigenvalue weighted by atomic mass is 35.5. The first kappa shape index (κ1) is 27.3. The number of halogens is 1. The second-order valence-electron chi connectivity index (χ2n) is 8.88. The topological polar surface area (TPSA) is 181 Å². The van der Waals surface area contributed by atoms with Gasteiger partial charge in [-0.25, -0.2) is 9.78 Å². The minimum absolute atomic E-state index is 0.0333. The van der Waals surface area contributed by atoms with Crippen molar-refractivity contribution in [1.29, 1.82) is 0 Å². The van der Waals surface area contributed by atoms with Gasteiger partial charge in [0.05, 0.1) is 31.0 Å². The van der Waals surface area contributed by atoms with E-state index in [1.165, 1.54) is 24.2 Å². The van der Waals surface area contributed by atoms with E-state index in [2.05, 4.69) is 51.5 Å². The van der Waals surface area contributed by atoms with Gasteiger partial charge in [-0.05, 0) is 52.9 Å². The lowest BCUT2D eigenvalue weighted by atomic mass is 10.1. The van der Waals surface area contributed by atoms with Gasteiger partial charge in [-0.15, -0.1) is 5.10 Å². The Labute approximate surface area is 238 Å². The molecule has 1 aliphatic heterocycles. The van der Waals surface area contributed by atoms with Crippen molar-refractivity contribution < 1.29 is 19.1 Å². The van der Waals surface area contributed by atoms with Crippen molar-refractivity contribution >= 4 is 47.0 Å². The molecule has 5 N–H and O–H groups in total. The van der Waals surface area contributed by atoms with Crippen molar-refractivity contribution in [2.75, 3.05) is 30.8 Å². The SMILES string of the molecule is COC(=O)Nc1ccc2c(c1)NCCNC(=O)CC(NC(=O)C=Cc1cc(Cl)ccc1-n1cnnn1)c1nc-2c[nH]1. The number of carbonyl (C=O) groups excluding carboxylic acids is 3. The molecule has 3 heterocycles. The van der Waals surface area contributed by atoms with Crippen LogP contribution in [0.1, 0.15) is 23.9 Å². The molecule has 2 aromatic carbocycles. The van der Waals surface area contributed by atoms with Gasteiger partial charge in [0.1, 0.15) is 12.2 Å². The number of benzene rings is 2. The summed E-state index contributed by atoms with van der Waals surface area (Å²) in [5, 5.41) is 23.3. The van der Waals surface area contributed by atoms with E-state index in [0.717, 1.165) is 5.56 Å². The maximum absolute atomic E-state index is 13.0. The smallest absolute Gasteiger partial charge is 0.411 e. The Morgan fingerprint density at radius 2 is 2.02 bits per heavy atom. The molecule has 4 aromatic rings. The van der Waals surface area contributed by atoms with Gasteiger partial charge in [0, 0.05) is 52.9 Å². The van der Waals surface area contributed by atoms with Crippen LogP contribution in [0.3, 0.4) is 0 Å². The quantitative estimate of drug-likeness (QED) is 0.223. The van der Waals surface area contributed by atoms with Gasteiger partial charge >= 0.3 is 6.09 Å². The molecule has 0 aliphatic carbocycles. The number of tetrazole rings is 1. The molecule has 41 heavy (non-hydrogen) atoms. The Bertz CT molecular complexity index is 1600.